The lowest BCUT2D eigenvalue weighted by atomic mass is 10.1. The second-order valence-corrected chi connectivity index (χ2v) is 5.64. The van der Waals surface area contributed by atoms with Crippen molar-refractivity contribution in [3.8, 4) is 0 Å². The summed E-state index contributed by atoms with van der Waals surface area (Å²) in [4.78, 5) is 6.97. The molecule has 1 aromatic rings. The molecule has 20 heavy (non-hydrogen) atoms. The Balaban J connectivity index is 2.17. The number of anilines is 1. The normalized spacial score (nSPS) is 19.9. The van der Waals surface area contributed by atoms with Crippen molar-refractivity contribution < 1.29 is 5.11 Å². The SMILES string of the molecule is CCNCc1cnc(N2CCCCCC2CO)c(C)c1. The summed E-state index contributed by atoms with van der Waals surface area (Å²) in [6, 6.07) is 2.44. The molecule has 0 aromatic carbocycles. The van der Waals surface area contributed by atoms with Crippen molar-refractivity contribution in [3.05, 3.63) is 23.4 Å². The summed E-state index contributed by atoms with van der Waals surface area (Å²) in [7, 11) is 0. The van der Waals surface area contributed by atoms with Crippen molar-refractivity contribution in [2.45, 2.75) is 52.1 Å². The Morgan fingerprint density at radius 1 is 1.40 bits per heavy atom. The van der Waals surface area contributed by atoms with E-state index in [-0.39, 0.29) is 12.6 Å². The van der Waals surface area contributed by atoms with Gasteiger partial charge in [-0.3, -0.25) is 0 Å². The van der Waals surface area contributed by atoms with Gasteiger partial charge in [0.25, 0.3) is 0 Å². The van der Waals surface area contributed by atoms with Crippen LogP contribution in [0.1, 0.15) is 43.7 Å². The highest BCUT2D eigenvalue weighted by atomic mass is 16.3. The number of hydrogen-bond donors (Lipinski definition) is 2. The average molecular weight is 277 g/mol. The minimum absolute atomic E-state index is 0.222. The fourth-order valence-electron chi connectivity index (χ4n) is 2.94. The molecule has 4 nitrogen and oxygen atoms in total. The minimum Gasteiger partial charge on any atom is -0.394 e. The number of pyridine rings is 1. The Hall–Kier alpha value is -1.13. The van der Waals surface area contributed by atoms with Gasteiger partial charge in [-0.2, -0.15) is 0 Å². The quantitative estimate of drug-likeness (QED) is 0.866. The van der Waals surface area contributed by atoms with Gasteiger partial charge < -0.3 is 15.3 Å². The van der Waals surface area contributed by atoms with Crippen molar-refractivity contribution in [1.82, 2.24) is 10.3 Å². The molecule has 2 heterocycles. The first kappa shape index (κ1) is 15.3. The van der Waals surface area contributed by atoms with E-state index in [1.165, 1.54) is 30.4 Å². The average Bonchev–Trinajstić information content (AvgIpc) is 2.70. The van der Waals surface area contributed by atoms with E-state index in [0.717, 1.165) is 31.9 Å². The number of nitrogens with one attached hydrogen (secondary N) is 1. The maximum absolute atomic E-state index is 9.63. The number of rotatable bonds is 5. The van der Waals surface area contributed by atoms with Gasteiger partial charge in [0.15, 0.2) is 0 Å². The smallest absolute Gasteiger partial charge is 0.131 e. The van der Waals surface area contributed by atoms with Crippen LogP contribution in [0.4, 0.5) is 5.82 Å². The molecule has 4 heteroatoms. The molecule has 2 rings (SSSR count). The Morgan fingerprint density at radius 2 is 2.25 bits per heavy atom. The van der Waals surface area contributed by atoms with Crippen LogP contribution in [0.2, 0.25) is 0 Å². The Kier molecular flexibility index (Phi) is 5.80. The third-order valence-electron chi connectivity index (χ3n) is 4.05. The first-order chi connectivity index (χ1) is 9.76. The molecule has 1 aliphatic heterocycles. The number of hydrogen-bond acceptors (Lipinski definition) is 4. The van der Waals surface area contributed by atoms with E-state index < -0.39 is 0 Å². The molecule has 0 saturated carbocycles. The van der Waals surface area contributed by atoms with E-state index in [1.54, 1.807) is 0 Å². The molecule has 1 atom stereocenters. The molecular weight excluding hydrogens is 250 g/mol. The van der Waals surface area contributed by atoms with Crippen LogP contribution >= 0.6 is 0 Å². The number of aryl methyl sites for hydroxylation is 1. The van der Waals surface area contributed by atoms with Crippen molar-refractivity contribution in [2.75, 3.05) is 24.6 Å². The number of aliphatic hydroxyl groups excluding tert-OH is 1. The second-order valence-electron chi connectivity index (χ2n) is 5.64. The Morgan fingerprint density at radius 3 is 2.95 bits per heavy atom. The molecule has 1 aliphatic rings. The molecular formula is C16H27N3O. The summed E-state index contributed by atoms with van der Waals surface area (Å²) < 4.78 is 0. The van der Waals surface area contributed by atoms with Gasteiger partial charge in [-0.05, 0) is 43.5 Å². The fourth-order valence-corrected chi connectivity index (χ4v) is 2.94. The molecule has 1 saturated heterocycles. The summed E-state index contributed by atoms with van der Waals surface area (Å²) in [6.07, 6.45) is 6.68. The van der Waals surface area contributed by atoms with Crippen LogP contribution in [0.15, 0.2) is 12.3 Å². The van der Waals surface area contributed by atoms with E-state index >= 15 is 0 Å². The van der Waals surface area contributed by atoms with Crippen LogP contribution in [0.5, 0.6) is 0 Å². The van der Waals surface area contributed by atoms with Gasteiger partial charge in [-0.15, -0.1) is 0 Å². The van der Waals surface area contributed by atoms with Crippen molar-refractivity contribution >= 4 is 5.82 Å². The Bertz CT molecular complexity index is 422. The highest BCUT2D eigenvalue weighted by Gasteiger charge is 2.22. The molecule has 0 spiro atoms. The zero-order chi connectivity index (χ0) is 14.4. The van der Waals surface area contributed by atoms with E-state index in [9.17, 15) is 5.11 Å². The minimum atomic E-state index is 0.222. The molecule has 112 valence electrons. The lowest BCUT2D eigenvalue weighted by Crippen LogP contribution is -2.38. The summed E-state index contributed by atoms with van der Waals surface area (Å²) in [6.45, 7) is 7.30. The molecule has 1 unspecified atom stereocenters. The van der Waals surface area contributed by atoms with Crippen molar-refractivity contribution in [1.29, 1.82) is 0 Å². The van der Waals surface area contributed by atoms with Crippen molar-refractivity contribution in [2.24, 2.45) is 0 Å². The number of aliphatic hydroxyl groups is 1. The molecule has 0 amide bonds. The first-order valence-electron chi connectivity index (χ1n) is 7.80. The van der Waals surface area contributed by atoms with Crippen molar-refractivity contribution in [3.63, 3.8) is 0 Å². The van der Waals surface area contributed by atoms with Crippen LogP contribution < -0.4 is 10.2 Å². The monoisotopic (exact) mass is 277 g/mol. The van der Waals surface area contributed by atoms with Crippen LogP contribution in [0.25, 0.3) is 0 Å². The summed E-state index contributed by atoms with van der Waals surface area (Å²) >= 11 is 0. The predicted octanol–water partition coefficient (Wildman–Crippen LogP) is 2.24. The third-order valence-corrected chi connectivity index (χ3v) is 4.05. The van der Waals surface area contributed by atoms with Crippen LogP contribution in [-0.4, -0.2) is 35.8 Å². The van der Waals surface area contributed by atoms with Gasteiger partial charge in [0, 0.05) is 19.3 Å². The highest BCUT2D eigenvalue weighted by molar-refractivity contribution is 5.48. The summed E-state index contributed by atoms with van der Waals surface area (Å²) in [5.74, 6) is 1.05. The summed E-state index contributed by atoms with van der Waals surface area (Å²) in [5, 5.41) is 13.0. The fraction of sp³-hybridized carbons (Fsp3) is 0.688. The zero-order valence-corrected chi connectivity index (χ0v) is 12.7. The van der Waals surface area contributed by atoms with Gasteiger partial charge >= 0.3 is 0 Å². The van der Waals surface area contributed by atoms with E-state index in [0.29, 0.717) is 0 Å². The van der Waals surface area contributed by atoms with Gasteiger partial charge in [0.1, 0.15) is 5.82 Å². The van der Waals surface area contributed by atoms with Crippen LogP contribution in [0.3, 0.4) is 0 Å². The molecule has 1 aromatic heterocycles. The lowest BCUT2D eigenvalue weighted by Gasteiger charge is -2.31. The zero-order valence-electron chi connectivity index (χ0n) is 12.7. The highest BCUT2D eigenvalue weighted by Crippen LogP contribution is 2.25. The maximum Gasteiger partial charge on any atom is 0.131 e. The maximum atomic E-state index is 9.63. The first-order valence-corrected chi connectivity index (χ1v) is 7.80. The van der Waals surface area contributed by atoms with Gasteiger partial charge in [0.2, 0.25) is 0 Å². The van der Waals surface area contributed by atoms with Crippen LogP contribution in [-0.2, 0) is 6.54 Å². The number of aromatic nitrogens is 1. The van der Waals surface area contributed by atoms with E-state index in [2.05, 4.69) is 35.1 Å². The molecule has 1 fully saturated rings. The predicted molar refractivity (Wildman–Crippen MR) is 83.0 cm³/mol. The molecule has 0 radical (unpaired) electrons. The van der Waals surface area contributed by atoms with Gasteiger partial charge in [0.05, 0.1) is 12.6 Å². The van der Waals surface area contributed by atoms with Gasteiger partial charge in [-0.25, -0.2) is 4.98 Å². The third kappa shape index (κ3) is 3.70. The standard InChI is InChI=1S/C16H27N3O/c1-3-17-10-14-9-13(2)16(18-11-14)19-8-6-4-5-7-15(19)12-20/h9,11,15,17,20H,3-8,10,12H2,1-2H3. The number of nitrogens with zero attached hydrogens (tertiary/aromatic N) is 2. The Labute approximate surface area is 122 Å². The largest absolute Gasteiger partial charge is 0.394 e. The summed E-state index contributed by atoms with van der Waals surface area (Å²) in [5.41, 5.74) is 2.43. The second kappa shape index (κ2) is 7.60. The lowest BCUT2D eigenvalue weighted by molar-refractivity contribution is 0.254. The topological polar surface area (TPSA) is 48.4 Å². The molecule has 0 bridgehead atoms. The molecule has 2 N–H and O–H groups in total. The molecule has 0 aliphatic carbocycles. The van der Waals surface area contributed by atoms with E-state index in [4.69, 9.17) is 0 Å². The van der Waals surface area contributed by atoms with Gasteiger partial charge in [-0.1, -0.05) is 19.8 Å². The van der Waals surface area contributed by atoms with Crippen LogP contribution in [0, 0.1) is 6.92 Å². The van der Waals surface area contributed by atoms with E-state index in [1.807, 2.05) is 6.20 Å².